The Morgan fingerprint density at radius 1 is 1.29 bits per heavy atom. The van der Waals surface area contributed by atoms with E-state index in [1.807, 2.05) is 7.05 Å². The second kappa shape index (κ2) is 5.61. The van der Waals surface area contributed by atoms with Gasteiger partial charge in [-0.3, -0.25) is 5.10 Å². The number of aromatic amines is 1. The summed E-state index contributed by atoms with van der Waals surface area (Å²) in [7, 11) is 1.98. The molecule has 4 N–H and O–H groups in total. The molecule has 1 aromatic carbocycles. The highest BCUT2D eigenvalue weighted by Crippen LogP contribution is 2.34. The number of hydrogen-bond donors (Lipinski definition) is 4. The lowest BCUT2D eigenvalue weighted by atomic mass is 10.1. The SMILES string of the molecule is CNC1CCN(c2n[nH]c(-c3cccc(O)c3O)n2)CC1. The Morgan fingerprint density at radius 2 is 2.05 bits per heavy atom. The standard InChI is InChI=1S/C14H19N5O2/c1-15-9-5-7-19(8-6-9)14-16-13(17-18-14)10-3-2-4-11(20)12(10)21/h2-4,9,15,20-21H,5-8H2,1H3,(H,16,17,18). The Hall–Kier alpha value is -2.28. The zero-order valence-corrected chi connectivity index (χ0v) is 11.9. The topological polar surface area (TPSA) is 97.3 Å². The lowest BCUT2D eigenvalue weighted by molar-refractivity contribution is 0.405. The molecule has 3 rings (SSSR count). The first kappa shape index (κ1) is 13.7. The van der Waals surface area contributed by atoms with Crippen LogP contribution in [0.2, 0.25) is 0 Å². The smallest absolute Gasteiger partial charge is 0.245 e. The molecule has 7 heteroatoms. The summed E-state index contributed by atoms with van der Waals surface area (Å²) in [5, 5.41) is 29.7. The van der Waals surface area contributed by atoms with Crippen LogP contribution in [0.25, 0.3) is 11.4 Å². The average Bonchev–Trinajstić information content (AvgIpc) is 3.00. The lowest BCUT2D eigenvalue weighted by Crippen LogP contribution is -2.41. The first-order chi connectivity index (χ1) is 10.2. The van der Waals surface area contributed by atoms with Gasteiger partial charge in [0.15, 0.2) is 17.3 Å². The molecule has 1 aromatic heterocycles. The number of rotatable bonds is 3. The minimum atomic E-state index is -0.186. The molecule has 0 radical (unpaired) electrons. The maximum Gasteiger partial charge on any atom is 0.245 e. The molecule has 0 saturated carbocycles. The van der Waals surface area contributed by atoms with Crippen molar-refractivity contribution in [3.05, 3.63) is 18.2 Å². The second-order valence-corrected chi connectivity index (χ2v) is 5.21. The van der Waals surface area contributed by atoms with Crippen LogP contribution >= 0.6 is 0 Å². The Kier molecular flexibility index (Phi) is 3.66. The third-order valence-corrected chi connectivity index (χ3v) is 3.93. The van der Waals surface area contributed by atoms with E-state index in [2.05, 4.69) is 25.4 Å². The zero-order chi connectivity index (χ0) is 14.8. The molecule has 0 unspecified atom stereocenters. The summed E-state index contributed by atoms with van der Waals surface area (Å²) in [6, 6.07) is 5.32. The molecule has 1 aliphatic heterocycles. The number of nitrogens with one attached hydrogen (secondary N) is 2. The molecule has 0 bridgehead atoms. The molecule has 21 heavy (non-hydrogen) atoms. The summed E-state index contributed by atoms with van der Waals surface area (Å²) in [4.78, 5) is 6.54. The summed E-state index contributed by atoms with van der Waals surface area (Å²) >= 11 is 0. The molecule has 112 valence electrons. The summed E-state index contributed by atoms with van der Waals surface area (Å²) in [6.45, 7) is 1.80. The fraction of sp³-hybridized carbons (Fsp3) is 0.429. The first-order valence-electron chi connectivity index (χ1n) is 7.05. The van der Waals surface area contributed by atoms with Crippen molar-refractivity contribution in [2.24, 2.45) is 0 Å². The van der Waals surface area contributed by atoms with Crippen LogP contribution in [0.15, 0.2) is 18.2 Å². The first-order valence-corrected chi connectivity index (χ1v) is 7.05. The summed E-state index contributed by atoms with van der Waals surface area (Å²) < 4.78 is 0. The molecule has 0 atom stereocenters. The van der Waals surface area contributed by atoms with Gasteiger partial charge in [0.1, 0.15) is 0 Å². The molecular formula is C14H19N5O2. The number of piperidine rings is 1. The van der Waals surface area contributed by atoms with Crippen LogP contribution in [0.4, 0.5) is 5.95 Å². The highest BCUT2D eigenvalue weighted by Gasteiger charge is 2.21. The van der Waals surface area contributed by atoms with E-state index in [9.17, 15) is 10.2 Å². The number of nitrogens with zero attached hydrogens (tertiary/aromatic N) is 3. The van der Waals surface area contributed by atoms with Crippen molar-refractivity contribution in [1.82, 2.24) is 20.5 Å². The van der Waals surface area contributed by atoms with Crippen LogP contribution in [0, 0.1) is 0 Å². The van der Waals surface area contributed by atoms with Gasteiger partial charge >= 0.3 is 0 Å². The number of aromatic hydroxyl groups is 2. The third kappa shape index (κ3) is 2.64. The van der Waals surface area contributed by atoms with E-state index < -0.39 is 0 Å². The number of phenols is 2. The van der Waals surface area contributed by atoms with Crippen LogP contribution in [-0.2, 0) is 0 Å². The van der Waals surface area contributed by atoms with Gasteiger partial charge in [0, 0.05) is 19.1 Å². The van der Waals surface area contributed by atoms with Crippen molar-refractivity contribution in [3.63, 3.8) is 0 Å². The lowest BCUT2D eigenvalue weighted by Gasteiger charge is -2.30. The van der Waals surface area contributed by atoms with Gasteiger partial charge in [0.05, 0.1) is 5.56 Å². The van der Waals surface area contributed by atoms with Crippen LogP contribution in [0.3, 0.4) is 0 Å². The Morgan fingerprint density at radius 3 is 2.76 bits per heavy atom. The Balaban J connectivity index is 1.79. The number of H-pyrrole nitrogens is 1. The van der Waals surface area contributed by atoms with Gasteiger partial charge in [-0.2, -0.15) is 4.98 Å². The fourth-order valence-electron chi connectivity index (χ4n) is 2.61. The molecule has 1 saturated heterocycles. The predicted octanol–water partition coefficient (Wildman–Crippen LogP) is 1.07. The van der Waals surface area contributed by atoms with Crippen molar-refractivity contribution in [2.75, 3.05) is 25.0 Å². The molecule has 1 fully saturated rings. The van der Waals surface area contributed by atoms with E-state index in [1.54, 1.807) is 12.1 Å². The predicted molar refractivity (Wildman–Crippen MR) is 79.4 cm³/mol. The number of phenolic OH excluding ortho intramolecular Hbond substituents is 2. The summed E-state index contributed by atoms with van der Waals surface area (Å²) in [5.74, 6) is 0.728. The van der Waals surface area contributed by atoms with Gasteiger partial charge in [-0.25, -0.2) is 0 Å². The third-order valence-electron chi connectivity index (χ3n) is 3.93. The van der Waals surface area contributed by atoms with Crippen molar-refractivity contribution in [2.45, 2.75) is 18.9 Å². The summed E-state index contributed by atoms with van der Waals surface area (Å²) in [6.07, 6.45) is 2.11. The van der Waals surface area contributed by atoms with Crippen molar-refractivity contribution in [1.29, 1.82) is 0 Å². The molecule has 0 spiro atoms. The van der Waals surface area contributed by atoms with Crippen molar-refractivity contribution in [3.8, 4) is 22.9 Å². The number of benzene rings is 1. The van der Waals surface area contributed by atoms with Crippen LogP contribution in [-0.4, -0.2) is 51.6 Å². The van der Waals surface area contributed by atoms with E-state index >= 15 is 0 Å². The highest BCUT2D eigenvalue weighted by molar-refractivity contribution is 5.68. The van der Waals surface area contributed by atoms with E-state index in [1.165, 1.54) is 6.07 Å². The van der Waals surface area contributed by atoms with Gasteiger partial charge in [0.25, 0.3) is 0 Å². The van der Waals surface area contributed by atoms with Crippen molar-refractivity contribution < 1.29 is 10.2 Å². The molecule has 2 heterocycles. The minimum absolute atomic E-state index is 0.166. The largest absolute Gasteiger partial charge is 0.504 e. The van der Waals surface area contributed by atoms with E-state index in [-0.39, 0.29) is 11.5 Å². The van der Waals surface area contributed by atoms with E-state index in [4.69, 9.17) is 0 Å². The maximum absolute atomic E-state index is 9.88. The highest BCUT2D eigenvalue weighted by atomic mass is 16.3. The fourth-order valence-corrected chi connectivity index (χ4v) is 2.61. The molecule has 7 nitrogen and oxygen atoms in total. The number of hydrogen-bond acceptors (Lipinski definition) is 6. The Bertz CT molecular complexity index is 620. The average molecular weight is 289 g/mol. The van der Waals surface area contributed by atoms with Gasteiger partial charge in [0.2, 0.25) is 5.95 Å². The van der Waals surface area contributed by atoms with Crippen molar-refractivity contribution >= 4 is 5.95 Å². The van der Waals surface area contributed by atoms with Crippen LogP contribution in [0.5, 0.6) is 11.5 Å². The number of para-hydroxylation sites is 1. The molecule has 2 aromatic rings. The zero-order valence-electron chi connectivity index (χ0n) is 11.9. The minimum Gasteiger partial charge on any atom is -0.504 e. The Labute approximate surface area is 122 Å². The van der Waals surface area contributed by atoms with Crippen LogP contribution in [0.1, 0.15) is 12.8 Å². The van der Waals surface area contributed by atoms with Crippen LogP contribution < -0.4 is 10.2 Å². The maximum atomic E-state index is 9.88. The molecule has 1 aliphatic rings. The normalized spacial score (nSPS) is 16.3. The van der Waals surface area contributed by atoms with Gasteiger partial charge in [-0.15, -0.1) is 5.10 Å². The summed E-state index contributed by atoms with van der Waals surface area (Å²) in [5.41, 5.74) is 0.443. The number of aromatic nitrogens is 3. The molecular weight excluding hydrogens is 270 g/mol. The molecule has 0 aliphatic carbocycles. The van der Waals surface area contributed by atoms with Gasteiger partial charge in [-0.1, -0.05) is 6.07 Å². The monoisotopic (exact) mass is 289 g/mol. The number of anilines is 1. The quantitative estimate of drug-likeness (QED) is 0.631. The van der Waals surface area contributed by atoms with E-state index in [0.717, 1.165) is 25.9 Å². The van der Waals surface area contributed by atoms with Gasteiger partial charge in [-0.05, 0) is 32.0 Å². The molecule has 0 amide bonds. The van der Waals surface area contributed by atoms with E-state index in [0.29, 0.717) is 23.4 Å². The van der Waals surface area contributed by atoms with Gasteiger partial charge < -0.3 is 20.4 Å². The second-order valence-electron chi connectivity index (χ2n) is 5.21.